The van der Waals surface area contributed by atoms with Crippen LogP contribution in [0.2, 0.25) is 0 Å². The number of hydrogen-bond acceptors (Lipinski definition) is 10. The Morgan fingerprint density at radius 3 is 2.44 bits per heavy atom. The van der Waals surface area contributed by atoms with E-state index in [-0.39, 0.29) is 80.7 Å². The molecule has 1 aromatic heterocycles. The van der Waals surface area contributed by atoms with E-state index in [2.05, 4.69) is 11.6 Å². The molecule has 4 aliphatic rings. The van der Waals surface area contributed by atoms with Crippen LogP contribution >= 0.6 is 12.4 Å². The molecule has 3 aromatic rings. The number of rotatable bonds is 10. The number of halogens is 2. The van der Waals surface area contributed by atoms with E-state index in [1.54, 1.807) is 7.11 Å². The molecule has 2 amide bonds. The molecule has 320 valence electrons. The van der Waals surface area contributed by atoms with Crippen LogP contribution in [-0.4, -0.2) is 85.3 Å². The van der Waals surface area contributed by atoms with Gasteiger partial charge in [0.05, 0.1) is 48.5 Å². The molecule has 59 heavy (non-hydrogen) atoms. The molecule has 15 heteroatoms. The summed E-state index contributed by atoms with van der Waals surface area (Å²) >= 11 is 0. The van der Waals surface area contributed by atoms with Gasteiger partial charge in [0.15, 0.2) is 5.78 Å². The average Bonchev–Trinajstić information content (AvgIpc) is 4.10. The van der Waals surface area contributed by atoms with Gasteiger partial charge in [-0.15, -0.1) is 12.4 Å². The van der Waals surface area contributed by atoms with Gasteiger partial charge in [0.2, 0.25) is 21.8 Å². The van der Waals surface area contributed by atoms with E-state index < -0.39 is 56.9 Å². The SMILES string of the molecule is COc1ccc2c(O[C@@H]3C[C@H]4C(=O)C[C@]5(C(=O)NS(=O)(=O)C6(CF)CC6)C[C@H]5/C=C\CCC(C)C[C@@H](C)[C@H](N)C(=O)N4C3)cc(-c3ccc(OC(C)C)cc3)nc2c1.Cl. The topological polar surface area (TPSA) is 167 Å². The maximum absolute atomic E-state index is 14.6. The zero-order chi connectivity index (χ0) is 41.6. The zero-order valence-corrected chi connectivity index (χ0v) is 36.0. The van der Waals surface area contributed by atoms with Crippen LogP contribution in [0.3, 0.4) is 0 Å². The highest BCUT2D eigenvalue weighted by atomic mass is 35.5. The Morgan fingerprint density at radius 2 is 1.78 bits per heavy atom. The Labute approximate surface area is 352 Å². The van der Waals surface area contributed by atoms with Gasteiger partial charge in [-0.05, 0) is 107 Å². The number of Topliss-reactive ketones (excluding diaryl/α,β-unsaturated/α-hetero) is 1. The summed E-state index contributed by atoms with van der Waals surface area (Å²) in [5, 5.41) is 0.705. The number of pyridine rings is 1. The number of nitrogens with two attached hydrogens (primary N) is 1. The largest absolute Gasteiger partial charge is 0.497 e. The predicted molar refractivity (Wildman–Crippen MR) is 226 cm³/mol. The maximum atomic E-state index is 14.6. The molecule has 1 saturated heterocycles. The number of amides is 2. The number of sulfonamides is 1. The summed E-state index contributed by atoms with van der Waals surface area (Å²) in [6.07, 6.45) is 5.84. The van der Waals surface area contributed by atoms with Gasteiger partial charge in [-0.25, -0.2) is 17.8 Å². The van der Waals surface area contributed by atoms with Crippen molar-refractivity contribution in [3.8, 4) is 28.5 Å². The Balaban J connectivity index is 0.00000585. The van der Waals surface area contributed by atoms with Crippen molar-refractivity contribution < 1.29 is 41.4 Å². The minimum Gasteiger partial charge on any atom is -0.497 e. The predicted octanol–water partition coefficient (Wildman–Crippen LogP) is 6.72. The van der Waals surface area contributed by atoms with Gasteiger partial charge in [-0.2, -0.15) is 0 Å². The molecule has 7 rings (SSSR count). The number of fused-ring (bicyclic) bond motifs is 3. The molecule has 0 bridgehead atoms. The number of nitrogens with one attached hydrogen (secondary N) is 1. The molecular formula is C44H56ClFN4O8S. The zero-order valence-electron chi connectivity index (χ0n) is 34.3. The van der Waals surface area contributed by atoms with Crippen LogP contribution in [0.5, 0.6) is 17.2 Å². The van der Waals surface area contributed by atoms with Crippen LogP contribution in [0.15, 0.2) is 60.7 Å². The lowest BCUT2D eigenvalue weighted by Crippen LogP contribution is -2.52. The van der Waals surface area contributed by atoms with Crippen molar-refractivity contribution in [2.24, 2.45) is 28.9 Å². The quantitative estimate of drug-likeness (QED) is 0.209. The molecular weight excluding hydrogens is 799 g/mol. The first kappa shape index (κ1) is 44.3. The third-order valence-electron chi connectivity index (χ3n) is 12.5. The molecule has 2 saturated carbocycles. The first-order chi connectivity index (χ1) is 27.6. The van der Waals surface area contributed by atoms with E-state index in [4.69, 9.17) is 24.9 Å². The summed E-state index contributed by atoms with van der Waals surface area (Å²) in [4.78, 5) is 49.3. The first-order valence-electron chi connectivity index (χ1n) is 20.4. The number of carbonyl (C=O) groups is 3. The average molecular weight is 855 g/mol. The van der Waals surface area contributed by atoms with E-state index in [9.17, 15) is 27.2 Å². The van der Waals surface area contributed by atoms with E-state index in [0.717, 1.165) is 17.7 Å². The van der Waals surface area contributed by atoms with Crippen LogP contribution in [0, 0.1) is 23.2 Å². The molecule has 0 radical (unpaired) electrons. The number of nitrogens with zero attached hydrogens (tertiary/aromatic N) is 2. The van der Waals surface area contributed by atoms with Crippen molar-refractivity contribution in [1.82, 2.24) is 14.6 Å². The molecule has 3 N–H and O–H groups in total. The van der Waals surface area contributed by atoms with E-state index in [1.807, 2.05) is 81.5 Å². The number of carbonyl (C=O) groups excluding carboxylic acids is 3. The molecule has 2 aliphatic heterocycles. The Kier molecular flexibility index (Phi) is 13.0. The summed E-state index contributed by atoms with van der Waals surface area (Å²) in [7, 11) is -2.74. The van der Waals surface area contributed by atoms with Gasteiger partial charge in [0.1, 0.15) is 34.8 Å². The van der Waals surface area contributed by atoms with Crippen LogP contribution in [0.4, 0.5) is 4.39 Å². The number of hydrogen-bond donors (Lipinski definition) is 2. The van der Waals surface area contributed by atoms with Crippen LogP contribution in [0.1, 0.15) is 79.1 Å². The van der Waals surface area contributed by atoms with E-state index >= 15 is 0 Å². The Bertz CT molecular complexity index is 2200. The molecule has 0 spiro atoms. The molecule has 2 aromatic carbocycles. The summed E-state index contributed by atoms with van der Waals surface area (Å²) in [5.74, 6) is -0.0521. The number of ether oxygens (including phenoxy) is 3. The normalized spacial score (nSPS) is 28.6. The molecule has 1 unspecified atom stereocenters. The molecule has 7 atom stereocenters. The summed E-state index contributed by atoms with van der Waals surface area (Å²) < 4.78 is 58.9. The summed E-state index contributed by atoms with van der Waals surface area (Å²) in [6, 6.07) is 13.1. The summed E-state index contributed by atoms with van der Waals surface area (Å²) in [5.41, 5.74) is 7.40. The fourth-order valence-corrected chi connectivity index (χ4v) is 10.1. The van der Waals surface area contributed by atoms with Crippen molar-refractivity contribution in [2.75, 3.05) is 20.3 Å². The van der Waals surface area contributed by atoms with Crippen LogP contribution in [0.25, 0.3) is 22.2 Å². The number of allylic oxidation sites excluding steroid dienone is 2. The number of alkyl halides is 1. The van der Waals surface area contributed by atoms with Gasteiger partial charge >= 0.3 is 0 Å². The van der Waals surface area contributed by atoms with Crippen LogP contribution < -0.4 is 24.7 Å². The highest BCUT2D eigenvalue weighted by molar-refractivity contribution is 7.91. The lowest BCUT2D eigenvalue weighted by atomic mass is 9.88. The molecule has 2 aliphatic carbocycles. The molecule has 3 fully saturated rings. The van der Waals surface area contributed by atoms with E-state index in [1.165, 1.54) is 4.90 Å². The molecule has 3 heterocycles. The lowest BCUT2D eigenvalue weighted by molar-refractivity contribution is -0.140. The van der Waals surface area contributed by atoms with Crippen molar-refractivity contribution >= 4 is 50.9 Å². The maximum Gasteiger partial charge on any atom is 0.243 e. The van der Waals surface area contributed by atoms with E-state index in [0.29, 0.717) is 40.9 Å². The highest BCUT2D eigenvalue weighted by Gasteiger charge is 2.63. The van der Waals surface area contributed by atoms with Crippen molar-refractivity contribution in [2.45, 2.75) is 108 Å². The van der Waals surface area contributed by atoms with Gasteiger partial charge in [0.25, 0.3) is 0 Å². The van der Waals surface area contributed by atoms with Gasteiger partial charge in [0, 0.05) is 35.9 Å². The fourth-order valence-electron chi connectivity index (χ4n) is 8.62. The van der Waals surface area contributed by atoms with Crippen LogP contribution in [-0.2, 0) is 24.4 Å². The second-order valence-corrected chi connectivity index (χ2v) is 19.3. The second-order valence-electron chi connectivity index (χ2n) is 17.3. The van der Waals surface area contributed by atoms with Crippen molar-refractivity contribution in [3.05, 3.63) is 60.7 Å². The fraction of sp³-hybridized carbons (Fsp3) is 0.545. The van der Waals surface area contributed by atoms with Gasteiger partial charge in [-0.1, -0.05) is 26.0 Å². The lowest BCUT2D eigenvalue weighted by Gasteiger charge is -2.30. The number of benzene rings is 2. The molecule has 12 nitrogen and oxygen atoms in total. The minimum absolute atomic E-state index is 0. The number of aromatic nitrogens is 1. The number of methoxy groups -OCH3 is 1. The Morgan fingerprint density at radius 1 is 1.07 bits per heavy atom. The van der Waals surface area contributed by atoms with Gasteiger partial charge in [-0.3, -0.25) is 19.1 Å². The van der Waals surface area contributed by atoms with Crippen molar-refractivity contribution in [1.29, 1.82) is 0 Å². The number of ketones is 1. The minimum atomic E-state index is -4.32. The van der Waals surface area contributed by atoms with Gasteiger partial charge < -0.3 is 24.8 Å². The Hall–Kier alpha value is -4.27. The van der Waals surface area contributed by atoms with Crippen molar-refractivity contribution in [3.63, 3.8) is 0 Å². The second kappa shape index (κ2) is 17.4. The monoisotopic (exact) mass is 854 g/mol. The summed E-state index contributed by atoms with van der Waals surface area (Å²) in [6.45, 7) is 6.96. The third kappa shape index (κ3) is 9.10. The highest BCUT2D eigenvalue weighted by Crippen LogP contribution is 2.58. The smallest absolute Gasteiger partial charge is 0.243 e. The standard InChI is InChI=1S/C44H55FN4O8S.ClH/c1-26(2)56-31-12-10-29(11-13-31)35-21-39(34-15-14-32(55-5)19-36(34)47-35)57-33-20-37-38(50)23-44(42(52)48-58(53,54)43(25-45)16-17-43)22-30(44)9-7-6-8-27(3)18-28(4)40(46)41(51)49(37)24-33;/h7,9-15,19,21,26-28,30,33,37,40H,6,8,16-18,20,22-25,46H2,1-5H3,(H,48,52);1H/b9-7-;/t27?,28-,30-,33-,37+,40+,44-;/m1./s1. The third-order valence-corrected chi connectivity index (χ3v) is 14.6. The first-order valence-corrected chi connectivity index (χ1v) is 21.9.